The molecule has 1 aliphatic rings. The number of benzene rings is 1. The van der Waals surface area contributed by atoms with Gasteiger partial charge in [0, 0.05) is 44.0 Å². The van der Waals surface area contributed by atoms with Gasteiger partial charge >= 0.3 is 12.1 Å². The number of rotatable bonds is 10. The molecule has 38 heavy (non-hydrogen) atoms. The standard InChI is InChI=1S/C25H32F3N3O6S/c1-5-31-18(3)22(17(2)23(31)24(33)36-4)21(32)16-30(10-9-29-11-13-37-14-12-29)38(34,35)20-8-6-7-19(15-20)25(26,27)28/h6-8,15H,5,9-14,16H2,1-4H3. The minimum absolute atomic E-state index is 0.124. The number of ketones is 1. The van der Waals surface area contributed by atoms with E-state index in [1.807, 2.05) is 4.90 Å². The zero-order valence-corrected chi connectivity index (χ0v) is 22.6. The van der Waals surface area contributed by atoms with Gasteiger partial charge in [0.1, 0.15) is 5.69 Å². The first-order valence-corrected chi connectivity index (χ1v) is 13.6. The molecule has 0 bridgehead atoms. The van der Waals surface area contributed by atoms with E-state index in [4.69, 9.17) is 9.47 Å². The molecule has 2 heterocycles. The molecule has 0 amide bonds. The smallest absolute Gasteiger partial charge is 0.416 e. The lowest BCUT2D eigenvalue weighted by molar-refractivity contribution is -0.137. The van der Waals surface area contributed by atoms with E-state index in [1.54, 1.807) is 25.3 Å². The lowest BCUT2D eigenvalue weighted by Gasteiger charge is -2.29. The number of esters is 1. The molecule has 0 N–H and O–H groups in total. The summed E-state index contributed by atoms with van der Waals surface area (Å²) in [6, 6.07) is 3.46. The number of alkyl halides is 3. The Balaban J connectivity index is 2.00. The average molecular weight is 560 g/mol. The van der Waals surface area contributed by atoms with Gasteiger partial charge in [0.2, 0.25) is 10.0 Å². The monoisotopic (exact) mass is 559 g/mol. The van der Waals surface area contributed by atoms with Crippen LogP contribution in [0.25, 0.3) is 0 Å². The molecule has 13 heteroatoms. The van der Waals surface area contributed by atoms with Gasteiger partial charge in [0.15, 0.2) is 5.78 Å². The molecule has 0 saturated carbocycles. The Morgan fingerprint density at radius 2 is 1.82 bits per heavy atom. The van der Waals surface area contributed by atoms with Gasteiger partial charge in [0.25, 0.3) is 0 Å². The van der Waals surface area contributed by atoms with Crippen molar-refractivity contribution in [3.63, 3.8) is 0 Å². The molecular formula is C25H32F3N3O6S. The molecule has 0 aliphatic carbocycles. The second-order valence-electron chi connectivity index (χ2n) is 8.91. The Morgan fingerprint density at radius 3 is 2.39 bits per heavy atom. The molecule has 3 rings (SSSR count). The number of hydrogen-bond donors (Lipinski definition) is 0. The van der Waals surface area contributed by atoms with Gasteiger partial charge in [-0.15, -0.1) is 0 Å². The van der Waals surface area contributed by atoms with E-state index in [0.29, 0.717) is 50.2 Å². The van der Waals surface area contributed by atoms with Crippen molar-refractivity contribution in [2.75, 3.05) is 53.0 Å². The molecule has 0 unspecified atom stereocenters. The van der Waals surface area contributed by atoms with E-state index in [0.717, 1.165) is 22.5 Å². The Bertz CT molecular complexity index is 1280. The molecule has 0 spiro atoms. The Kier molecular flexibility index (Phi) is 9.39. The number of hydrogen-bond acceptors (Lipinski definition) is 7. The number of aromatic nitrogens is 1. The summed E-state index contributed by atoms with van der Waals surface area (Å²) in [7, 11) is -3.26. The van der Waals surface area contributed by atoms with E-state index < -0.39 is 45.0 Å². The van der Waals surface area contributed by atoms with Crippen LogP contribution in [0, 0.1) is 13.8 Å². The van der Waals surface area contributed by atoms with Crippen molar-refractivity contribution in [3.8, 4) is 0 Å². The van der Waals surface area contributed by atoms with E-state index >= 15 is 0 Å². The number of sulfonamides is 1. The Hall–Kier alpha value is -2.74. The van der Waals surface area contributed by atoms with Crippen molar-refractivity contribution < 1.29 is 40.7 Å². The summed E-state index contributed by atoms with van der Waals surface area (Å²) >= 11 is 0. The second kappa shape index (κ2) is 12.0. The first-order valence-electron chi connectivity index (χ1n) is 12.1. The molecule has 1 aromatic carbocycles. The third kappa shape index (κ3) is 6.28. The molecular weight excluding hydrogens is 527 g/mol. The van der Waals surface area contributed by atoms with Gasteiger partial charge < -0.3 is 14.0 Å². The molecule has 1 aromatic heterocycles. The van der Waals surface area contributed by atoms with Crippen molar-refractivity contribution >= 4 is 21.8 Å². The van der Waals surface area contributed by atoms with Crippen molar-refractivity contribution in [1.82, 2.24) is 13.8 Å². The maximum Gasteiger partial charge on any atom is 0.416 e. The predicted molar refractivity (Wildman–Crippen MR) is 133 cm³/mol. The van der Waals surface area contributed by atoms with Crippen molar-refractivity contribution in [2.45, 2.75) is 38.4 Å². The first kappa shape index (κ1) is 29.8. The average Bonchev–Trinajstić information content (AvgIpc) is 3.14. The predicted octanol–water partition coefficient (Wildman–Crippen LogP) is 3.14. The fraction of sp³-hybridized carbons (Fsp3) is 0.520. The third-order valence-corrected chi connectivity index (χ3v) is 8.47. The SMILES string of the molecule is CCn1c(C)c(C(=O)CN(CCN2CCOCC2)S(=O)(=O)c2cccc(C(F)(F)F)c2)c(C)c1C(=O)OC. The summed E-state index contributed by atoms with van der Waals surface area (Å²) in [6.45, 7) is 6.98. The molecule has 9 nitrogen and oxygen atoms in total. The molecule has 210 valence electrons. The number of ether oxygens (including phenoxy) is 2. The number of halogens is 3. The lowest BCUT2D eigenvalue weighted by atomic mass is 10.1. The molecule has 0 atom stereocenters. The number of Topliss-reactive ketones (excluding diaryl/α,β-unsaturated/α-hetero) is 1. The number of carbonyl (C=O) groups excluding carboxylic acids is 2. The first-order chi connectivity index (χ1) is 17.8. The summed E-state index contributed by atoms with van der Waals surface area (Å²) in [4.78, 5) is 27.4. The quantitative estimate of drug-likeness (QED) is 0.326. The van der Waals surface area contributed by atoms with E-state index in [1.165, 1.54) is 7.11 Å². The van der Waals surface area contributed by atoms with Crippen LogP contribution in [0.1, 0.15) is 44.6 Å². The van der Waals surface area contributed by atoms with Gasteiger partial charge in [-0.25, -0.2) is 13.2 Å². The van der Waals surface area contributed by atoms with Gasteiger partial charge in [-0.3, -0.25) is 9.69 Å². The van der Waals surface area contributed by atoms with E-state index in [-0.39, 0.29) is 24.3 Å². The maximum atomic E-state index is 13.6. The van der Waals surface area contributed by atoms with Gasteiger partial charge in [-0.2, -0.15) is 17.5 Å². The van der Waals surface area contributed by atoms with Gasteiger partial charge in [-0.05, 0) is 44.5 Å². The minimum atomic E-state index is -4.73. The van der Waals surface area contributed by atoms with E-state index in [2.05, 4.69) is 0 Å². The lowest BCUT2D eigenvalue weighted by Crippen LogP contribution is -2.44. The summed E-state index contributed by atoms with van der Waals surface area (Å²) < 4.78 is 79.8. The Morgan fingerprint density at radius 1 is 1.16 bits per heavy atom. The highest BCUT2D eigenvalue weighted by Gasteiger charge is 2.35. The van der Waals surface area contributed by atoms with Crippen LogP contribution in [-0.4, -0.2) is 87.0 Å². The fourth-order valence-corrected chi connectivity index (χ4v) is 6.08. The summed E-state index contributed by atoms with van der Waals surface area (Å²) in [5.41, 5.74) is 0.0950. The number of methoxy groups -OCH3 is 1. The van der Waals surface area contributed by atoms with Gasteiger partial charge in [-0.1, -0.05) is 6.07 Å². The molecule has 0 radical (unpaired) electrons. The zero-order chi connectivity index (χ0) is 28.3. The van der Waals surface area contributed by atoms with Crippen molar-refractivity contribution in [2.24, 2.45) is 0 Å². The van der Waals surface area contributed by atoms with Crippen LogP contribution in [0.5, 0.6) is 0 Å². The highest BCUT2D eigenvalue weighted by molar-refractivity contribution is 7.89. The van der Waals surface area contributed by atoms with Crippen molar-refractivity contribution in [1.29, 1.82) is 0 Å². The topological polar surface area (TPSA) is 98.2 Å². The molecule has 1 saturated heterocycles. The van der Waals surface area contributed by atoms with Crippen LogP contribution >= 0.6 is 0 Å². The molecule has 2 aromatic rings. The summed E-state index contributed by atoms with van der Waals surface area (Å²) in [5.74, 6) is -1.21. The largest absolute Gasteiger partial charge is 0.464 e. The number of nitrogens with zero attached hydrogens (tertiary/aromatic N) is 3. The molecule has 1 fully saturated rings. The van der Waals surface area contributed by atoms with Crippen LogP contribution in [0.2, 0.25) is 0 Å². The highest BCUT2D eigenvalue weighted by atomic mass is 32.2. The van der Waals surface area contributed by atoms with Crippen LogP contribution in [0.4, 0.5) is 13.2 Å². The van der Waals surface area contributed by atoms with E-state index in [9.17, 15) is 31.2 Å². The maximum absolute atomic E-state index is 13.6. The number of carbonyl (C=O) groups is 2. The van der Waals surface area contributed by atoms with Crippen LogP contribution in [-0.2, 0) is 32.2 Å². The third-order valence-electron chi connectivity index (χ3n) is 6.63. The summed E-state index contributed by atoms with van der Waals surface area (Å²) in [6.07, 6.45) is -4.73. The normalized spacial score (nSPS) is 15.2. The fourth-order valence-electron chi connectivity index (χ4n) is 4.64. The second-order valence-corrected chi connectivity index (χ2v) is 10.8. The van der Waals surface area contributed by atoms with Crippen LogP contribution < -0.4 is 0 Å². The van der Waals surface area contributed by atoms with Crippen LogP contribution in [0.15, 0.2) is 29.2 Å². The summed E-state index contributed by atoms with van der Waals surface area (Å²) in [5, 5.41) is 0. The van der Waals surface area contributed by atoms with Gasteiger partial charge in [0.05, 0.1) is 37.3 Å². The highest BCUT2D eigenvalue weighted by Crippen LogP contribution is 2.31. The Labute approximate surface area is 220 Å². The zero-order valence-electron chi connectivity index (χ0n) is 21.8. The number of morpholine rings is 1. The molecule has 1 aliphatic heterocycles. The minimum Gasteiger partial charge on any atom is -0.464 e. The van der Waals surface area contributed by atoms with Crippen molar-refractivity contribution in [3.05, 3.63) is 52.3 Å². The van der Waals surface area contributed by atoms with Crippen LogP contribution in [0.3, 0.4) is 0 Å².